The minimum atomic E-state index is -3.29. The van der Waals surface area contributed by atoms with Gasteiger partial charge < -0.3 is 4.74 Å². The maximum atomic E-state index is 12.4. The van der Waals surface area contributed by atoms with Crippen LogP contribution in [0.4, 0.5) is 5.69 Å². The Bertz CT molecular complexity index is 940. The number of hydrogen-bond donors (Lipinski definition) is 0. The third kappa shape index (κ3) is 3.80. The van der Waals surface area contributed by atoms with Crippen molar-refractivity contribution in [2.24, 2.45) is 0 Å². The number of carbonyl (C=O) groups excluding carboxylic acids is 1. The van der Waals surface area contributed by atoms with E-state index in [4.69, 9.17) is 16.3 Å². The summed E-state index contributed by atoms with van der Waals surface area (Å²) in [5, 5.41) is 0.646. The molecule has 132 valence electrons. The van der Waals surface area contributed by atoms with Crippen molar-refractivity contribution in [3.63, 3.8) is 0 Å². The summed E-state index contributed by atoms with van der Waals surface area (Å²) in [6.07, 6.45) is 1.78. The van der Waals surface area contributed by atoms with Crippen LogP contribution in [0.3, 0.4) is 0 Å². The normalized spacial score (nSPS) is 13.6. The lowest BCUT2D eigenvalue weighted by Gasteiger charge is -2.16. The number of ketones is 1. The highest BCUT2D eigenvalue weighted by Crippen LogP contribution is 2.31. The van der Waals surface area contributed by atoms with E-state index in [0.717, 1.165) is 11.1 Å². The second-order valence-electron chi connectivity index (χ2n) is 6.05. The van der Waals surface area contributed by atoms with E-state index < -0.39 is 10.0 Å². The molecule has 0 unspecified atom stereocenters. The van der Waals surface area contributed by atoms with Crippen molar-refractivity contribution in [1.82, 2.24) is 0 Å². The molecule has 3 rings (SSSR count). The molecule has 0 atom stereocenters. The maximum absolute atomic E-state index is 12.4. The van der Waals surface area contributed by atoms with Crippen LogP contribution in [0.2, 0.25) is 5.02 Å². The number of carbonyl (C=O) groups is 1. The van der Waals surface area contributed by atoms with Crippen LogP contribution in [0, 0.1) is 6.92 Å². The fourth-order valence-corrected chi connectivity index (χ4v) is 3.90. The summed E-state index contributed by atoms with van der Waals surface area (Å²) in [5.41, 5.74) is 2.90. The molecule has 1 heterocycles. The van der Waals surface area contributed by atoms with E-state index in [2.05, 4.69) is 0 Å². The Kier molecular flexibility index (Phi) is 4.75. The van der Waals surface area contributed by atoms with E-state index in [0.29, 0.717) is 35.0 Å². The Morgan fingerprint density at radius 1 is 1.24 bits per heavy atom. The number of hydrogen-bond acceptors (Lipinski definition) is 4. The van der Waals surface area contributed by atoms with Crippen molar-refractivity contribution in [2.45, 2.75) is 13.3 Å². The molecule has 0 radical (unpaired) electrons. The number of sulfonamides is 1. The Hall–Kier alpha value is -2.05. The van der Waals surface area contributed by atoms with E-state index in [-0.39, 0.29) is 12.4 Å². The van der Waals surface area contributed by atoms with Crippen LogP contribution in [0.1, 0.15) is 21.5 Å². The summed E-state index contributed by atoms with van der Waals surface area (Å²) < 4.78 is 30.4. The van der Waals surface area contributed by atoms with Crippen molar-refractivity contribution < 1.29 is 17.9 Å². The van der Waals surface area contributed by atoms with E-state index in [1.807, 2.05) is 6.92 Å². The third-order valence-corrected chi connectivity index (χ3v) is 5.76. The van der Waals surface area contributed by atoms with Crippen molar-refractivity contribution in [3.8, 4) is 5.75 Å². The topological polar surface area (TPSA) is 63.7 Å². The number of aryl methyl sites for hydroxylation is 1. The van der Waals surface area contributed by atoms with Crippen molar-refractivity contribution in [3.05, 3.63) is 58.1 Å². The minimum absolute atomic E-state index is 0.0876. The fraction of sp³-hybridized carbons (Fsp3) is 0.278. The molecular weight excluding hydrogens is 362 g/mol. The van der Waals surface area contributed by atoms with Gasteiger partial charge in [0.1, 0.15) is 5.75 Å². The number of fused-ring (bicyclic) bond motifs is 1. The summed E-state index contributed by atoms with van der Waals surface area (Å²) in [4.78, 5) is 12.4. The zero-order valence-electron chi connectivity index (χ0n) is 14.0. The number of anilines is 1. The van der Waals surface area contributed by atoms with Gasteiger partial charge in [0, 0.05) is 17.1 Å². The van der Waals surface area contributed by atoms with Crippen LogP contribution in [0.25, 0.3) is 0 Å². The molecule has 2 aromatic rings. The van der Waals surface area contributed by atoms with Gasteiger partial charge in [-0.05, 0) is 60.9 Å². The van der Waals surface area contributed by atoms with Crippen LogP contribution < -0.4 is 9.04 Å². The zero-order chi connectivity index (χ0) is 18.2. The molecule has 2 aromatic carbocycles. The Morgan fingerprint density at radius 3 is 2.68 bits per heavy atom. The first-order valence-electron chi connectivity index (χ1n) is 7.78. The van der Waals surface area contributed by atoms with E-state index >= 15 is 0 Å². The lowest BCUT2D eigenvalue weighted by atomic mass is 10.1. The molecule has 7 heteroatoms. The van der Waals surface area contributed by atoms with Gasteiger partial charge in [0.15, 0.2) is 12.4 Å². The fourth-order valence-electron chi connectivity index (χ4n) is 2.83. The molecule has 0 aliphatic carbocycles. The minimum Gasteiger partial charge on any atom is -0.485 e. The molecule has 0 fully saturated rings. The van der Waals surface area contributed by atoms with Gasteiger partial charge in [-0.3, -0.25) is 9.10 Å². The van der Waals surface area contributed by atoms with Crippen LogP contribution in [0.15, 0.2) is 36.4 Å². The van der Waals surface area contributed by atoms with Gasteiger partial charge in [0.05, 0.1) is 11.9 Å². The summed E-state index contributed by atoms with van der Waals surface area (Å²) in [6.45, 7) is 2.19. The summed E-state index contributed by atoms with van der Waals surface area (Å²) in [6, 6.07) is 10.3. The number of ether oxygens (including phenoxy) is 1. The average Bonchev–Trinajstić information content (AvgIpc) is 2.99. The number of nitrogens with zero attached hydrogens (tertiary/aromatic N) is 1. The SMILES string of the molecule is Cc1cc(OCC(=O)c2ccc3c(c2)CCN3S(C)(=O)=O)ccc1Cl. The van der Waals surface area contributed by atoms with Crippen molar-refractivity contribution in [1.29, 1.82) is 0 Å². The van der Waals surface area contributed by atoms with Gasteiger partial charge in [-0.15, -0.1) is 0 Å². The molecule has 1 aliphatic heterocycles. The number of halogens is 1. The molecule has 0 aromatic heterocycles. The predicted octanol–water partition coefficient (Wildman–Crippen LogP) is 3.23. The predicted molar refractivity (Wildman–Crippen MR) is 98.4 cm³/mol. The van der Waals surface area contributed by atoms with Crippen molar-refractivity contribution in [2.75, 3.05) is 23.7 Å². The van der Waals surface area contributed by atoms with Gasteiger partial charge >= 0.3 is 0 Å². The highest BCUT2D eigenvalue weighted by atomic mass is 35.5. The summed E-state index contributed by atoms with van der Waals surface area (Å²) in [7, 11) is -3.29. The Morgan fingerprint density at radius 2 is 2.00 bits per heavy atom. The van der Waals surface area contributed by atoms with Gasteiger partial charge in [0.2, 0.25) is 10.0 Å². The number of rotatable bonds is 5. The first-order valence-corrected chi connectivity index (χ1v) is 10.0. The van der Waals surface area contributed by atoms with Gasteiger partial charge in [0.25, 0.3) is 0 Å². The highest BCUT2D eigenvalue weighted by molar-refractivity contribution is 7.92. The number of Topliss-reactive ketones (excluding diaryl/α,β-unsaturated/α-hetero) is 1. The summed E-state index contributed by atoms with van der Waals surface area (Å²) in [5.74, 6) is 0.424. The van der Waals surface area contributed by atoms with E-state index in [1.165, 1.54) is 10.6 Å². The molecule has 0 bridgehead atoms. The standard InChI is InChI=1S/C18H18ClNO4S/c1-12-9-15(4-5-16(12)19)24-11-18(21)14-3-6-17-13(10-14)7-8-20(17)25(2,22)23/h3-6,9-10H,7-8,11H2,1-2H3. The smallest absolute Gasteiger partial charge is 0.232 e. The monoisotopic (exact) mass is 379 g/mol. The van der Waals surface area contributed by atoms with Crippen LogP contribution in [0.5, 0.6) is 5.75 Å². The molecule has 0 saturated heterocycles. The second kappa shape index (κ2) is 6.69. The summed E-state index contributed by atoms with van der Waals surface area (Å²) >= 11 is 5.97. The van der Waals surface area contributed by atoms with Gasteiger partial charge in [-0.1, -0.05) is 11.6 Å². The Labute approximate surface area is 152 Å². The molecular formula is C18H18ClNO4S. The molecule has 0 spiro atoms. The first-order chi connectivity index (χ1) is 11.8. The quantitative estimate of drug-likeness (QED) is 0.748. The highest BCUT2D eigenvalue weighted by Gasteiger charge is 2.26. The second-order valence-corrected chi connectivity index (χ2v) is 8.37. The molecule has 5 nitrogen and oxygen atoms in total. The lowest BCUT2D eigenvalue weighted by molar-refractivity contribution is 0.0921. The zero-order valence-corrected chi connectivity index (χ0v) is 15.5. The third-order valence-electron chi connectivity index (χ3n) is 4.15. The van der Waals surface area contributed by atoms with Gasteiger partial charge in [-0.25, -0.2) is 8.42 Å². The largest absolute Gasteiger partial charge is 0.485 e. The molecule has 0 N–H and O–H groups in total. The number of benzene rings is 2. The molecule has 0 saturated carbocycles. The maximum Gasteiger partial charge on any atom is 0.232 e. The van der Waals surface area contributed by atoms with E-state index in [9.17, 15) is 13.2 Å². The molecule has 0 amide bonds. The van der Waals surface area contributed by atoms with Crippen molar-refractivity contribution >= 4 is 33.1 Å². The average molecular weight is 380 g/mol. The van der Waals surface area contributed by atoms with Crippen LogP contribution in [-0.2, 0) is 16.4 Å². The van der Waals surface area contributed by atoms with Crippen LogP contribution >= 0.6 is 11.6 Å². The van der Waals surface area contributed by atoms with Crippen LogP contribution in [-0.4, -0.2) is 33.6 Å². The van der Waals surface area contributed by atoms with E-state index in [1.54, 1.807) is 36.4 Å². The Balaban J connectivity index is 1.72. The lowest BCUT2D eigenvalue weighted by Crippen LogP contribution is -2.27. The molecule has 25 heavy (non-hydrogen) atoms. The van der Waals surface area contributed by atoms with Gasteiger partial charge in [-0.2, -0.15) is 0 Å². The molecule has 1 aliphatic rings. The first kappa shape index (κ1) is 17.8.